The molecule has 1 aliphatic rings. The molecule has 18 heavy (non-hydrogen) atoms. The second-order valence-electron chi connectivity index (χ2n) is 4.44. The van der Waals surface area contributed by atoms with Crippen LogP contribution in [-0.4, -0.2) is 22.0 Å². The molecule has 100 valence electrons. The third-order valence-electron chi connectivity index (χ3n) is 3.25. The summed E-state index contributed by atoms with van der Waals surface area (Å²) in [7, 11) is 0. The van der Waals surface area contributed by atoms with Crippen molar-refractivity contribution >= 4 is 6.09 Å². The molecule has 2 rings (SSSR count). The zero-order chi connectivity index (χ0) is 13.1. The molecule has 0 spiro atoms. The molecule has 0 radical (unpaired) electrons. The van der Waals surface area contributed by atoms with Crippen LogP contribution in [0.3, 0.4) is 0 Å². The zero-order valence-corrected chi connectivity index (χ0v) is 9.76. The van der Waals surface area contributed by atoms with Gasteiger partial charge in [-0.15, -0.1) is 0 Å². The molecule has 0 atom stereocenters. The molecule has 1 saturated carbocycles. The fraction of sp³-hybridized carbons (Fsp3) is 0.636. The maximum absolute atomic E-state index is 12.4. The van der Waals surface area contributed by atoms with Crippen molar-refractivity contribution in [2.75, 3.05) is 0 Å². The highest BCUT2D eigenvalue weighted by Crippen LogP contribution is 2.34. The van der Waals surface area contributed by atoms with Gasteiger partial charge in [0.05, 0.1) is 6.20 Å². The molecular formula is C11H15F2N3O2. The fourth-order valence-electron chi connectivity index (χ4n) is 2.35. The quantitative estimate of drug-likeness (QED) is 0.906. The molecular weight excluding hydrogens is 244 g/mol. The Hall–Kier alpha value is -1.66. The third kappa shape index (κ3) is 2.96. The van der Waals surface area contributed by atoms with Gasteiger partial charge in [0.1, 0.15) is 6.10 Å². The summed E-state index contributed by atoms with van der Waals surface area (Å²) in [5.41, 5.74) is 5.76. The Morgan fingerprint density at radius 3 is 2.61 bits per heavy atom. The lowest BCUT2D eigenvalue weighted by atomic mass is 9.84. The van der Waals surface area contributed by atoms with Crippen LogP contribution in [0.5, 0.6) is 0 Å². The summed E-state index contributed by atoms with van der Waals surface area (Å²) in [6.07, 6.45) is 4.92. The van der Waals surface area contributed by atoms with Gasteiger partial charge in [-0.1, -0.05) is 0 Å². The van der Waals surface area contributed by atoms with Crippen LogP contribution in [0.4, 0.5) is 13.6 Å². The fourth-order valence-corrected chi connectivity index (χ4v) is 2.35. The average molecular weight is 259 g/mol. The van der Waals surface area contributed by atoms with E-state index in [9.17, 15) is 13.6 Å². The second kappa shape index (κ2) is 5.32. The molecule has 0 saturated heterocycles. The highest BCUT2D eigenvalue weighted by molar-refractivity contribution is 5.64. The average Bonchev–Trinajstić information content (AvgIpc) is 2.78. The Morgan fingerprint density at radius 1 is 1.44 bits per heavy atom. The van der Waals surface area contributed by atoms with Gasteiger partial charge in [0, 0.05) is 6.20 Å². The summed E-state index contributed by atoms with van der Waals surface area (Å²) >= 11 is 0. The van der Waals surface area contributed by atoms with Crippen LogP contribution in [0.1, 0.15) is 43.7 Å². The smallest absolute Gasteiger partial charge is 0.404 e. The van der Waals surface area contributed by atoms with Crippen LogP contribution in [0, 0.1) is 0 Å². The number of halogens is 2. The number of nitrogens with zero attached hydrogens (tertiary/aromatic N) is 2. The molecule has 1 aliphatic carbocycles. The number of rotatable bonds is 3. The number of hydrogen-bond donors (Lipinski definition) is 1. The summed E-state index contributed by atoms with van der Waals surface area (Å²) < 4.78 is 30.3. The number of alkyl halides is 2. The van der Waals surface area contributed by atoms with Crippen molar-refractivity contribution in [2.45, 2.75) is 44.3 Å². The van der Waals surface area contributed by atoms with Crippen LogP contribution >= 0.6 is 0 Å². The van der Waals surface area contributed by atoms with Crippen LogP contribution < -0.4 is 5.73 Å². The standard InChI is InChI=1S/C11H15F2N3O2/c12-10(13)16-6-8(5-15-16)7-1-3-9(4-2-7)18-11(14)17/h5-7,9-10H,1-4H2,(H2,14,17). The van der Waals surface area contributed by atoms with E-state index >= 15 is 0 Å². The Morgan fingerprint density at radius 2 is 2.11 bits per heavy atom. The molecule has 7 heteroatoms. The minimum atomic E-state index is -2.60. The number of primary amides is 1. The van der Waals surface area contributed by atoms with Gasteiger partial charge < -0.3 is 10.5 Å². The van der Waals surface area contributed by atoms with Crippen molar-refractivity contribution in [1.29, 1.82) is 0 Å². The molecule has 0 aromatic carbocycles. The van der Waals surface area contributed by atoms with Crippen LogP contribution in [0.25, 0.3) is 0 Å². The number of amides is 1. The number of aromatic nitrogens is 2. The Bertz CT molecular complexity index is 414. The lowest BCUT2D eigenvalue weighted by Gasteiger charge is -2.27. The normalized spacial score (nSPS) is 24.2. The second-order valence-corrected chi connectivity index (χ2v) is 4.44. The first-order valence-electron chi connectivity index (χ1n) is 5.84. The molecule has 1 aromatic rings. The van der Waals surface area contributed by atoms with E-state index in [4.69, 9.17) is 10.5 Å². The first-order chi connectivity index (χ1) is 8.56. The molecule has 1 aromatic heterocycles. The maximum Gasteiger partial charge on any atom is 0.404 e. The Kier molecular flexibility index (Phi) is 3.78. The van der Waals surface area contributed by atoms with Crippen LogP contribution in [0.15, 0.2) is 12.4 Å². The topological polar surface area (TPSA) is 70.1 Å². The minimum absolute atomic E-state index is 0.149. The highest BCUT2D eigenvalue weighted by atomic mass is 19.3. The lowest BCUT2D eigenvalue weighted by Crippen LogP contribution is -2.26. The summed E-state index contributed by atoms with van der Waals surface area (Å²) in [6, 6.07) is 0. The molecule has 2 N–H and O–H groups in total. The van der Waals surface area contributed by atoms with E-state index in [0.29, 0.717) is 17.5 Å². The summed E-state index contributed by atoms with van der Waals surface area (Å²) in [6.45, 7) is -2.60. The number of carbonyl (C=O) groups excluding carboxylic acids is 1. The first kappa shape index (κ1) is 12.8. The molecule has 5 nitrogen and oxygen atoms in total. The van der Waals surface area contributed by atoms with Gasteiger partial charge in [-0.05, 0) is 37.2 Å². The molecule has 0 unspecified atom stereocenters. The lowest BCUT2D eigenvalue weighted by molar-refractivity contribution is 0.0562. The van der Waals surface area contributed by atoms with Crippen LogP contribution in [0.2, 0.25) is 0 Å². The number of hydrogen-bond acceptors (Lipinski definition) is 3. The largest absolute Gasteiger partial charge is 0.446 e. The summed E-state index contributed by atoms with van der Waals surface area (Å²) in [5.74, 6) is 0.199. The number of ether oxygens (including phenoxy) is 1. The van der Waals surface area contributed by atoms with Gasteiger partial charge in [-0.3, -0.25) is 0 Å². The van der Waals surface area contributed by atoms with Crippen molar-refractivity contribution in [3.8, 4) is 0 Å². The minimum Gasteiger partial charge on any atom is -0.446 e. The monoisotopic (exact) mass is 259 g/mol. The van der Waals surface area contributed by atoms with E-state index in [2.05, 4.69) is 5.10 Å². The van der Waals surface area contributed by atoms with Crippen LogP contribution in [-0.2, 0) is 4.74 Å². The van der Waals surface area contributed by atoms with Crippen molar-refractivity contribution in [2.24, 2.45) is 5.73 Å². The van der Waals surface area contributed by atoms with E-state index in [1.54, 1.807) is 0 Å². The van der Waals surface area contributed by atoms with Gasteiger partial charge in [-0.25, -0.2) is 9.48 Å². The highest BCUT2D eigenvalue weighted by Gasteiger charge is 2.25. The zero-order valence-electron chi connectivity index (χ0n) is 9.76. The Labute approximate surface area is 103 Å². The van der Waals surface area contributed by atoms with Crippen molar-refractivity contribution in [1.82, 2.24) is 9.78 Å². The number of nitrogens with two attached hydrogens (primary N) is 1. The number of carbonyl (C=O) groups is 1. The van der Waals surface area contributed by atoms with Gasteiger partial charge in [0.25, 0.3) is 0 Å². The molecule has 1 fully saturated rings. The molecule has 1 heterocycles. The SMILES string of the molecule is NC(=O)OC1CCC(c2cnn(C(F)F)c2)CC1. The van der Waals surface area contributed by atoms with Gasteiger partial charge in [0.2, 0.25) is 0 Å². The predicted molar refractivity (Wildman–Crippen MR) is 59.1 cm³/mol. The molecule has 0 bridgehead atoms. The van der Waals surface area contributed by atoms with E-state index in [-0.39, 0.29) is 12.0 Å². The van der Waals surface area contributed by atoms with E-state index in [1.165, 1.54) is 12.4 Å². The molecule has 0 aliphatic heterocycles. The van der Waals surface area contributed by atoms with E-state index < -0.39 is 12.6 Å². The predicted octanol–water partition coefficient (Wildman–Crippen LogP) is 2.40. The van der Waals surface area contributed by atoms with E-state index in [0.717, 1.165) is 18.4 Å². The van der Waals surface area contributed by atoms with Crippen molar-refractivity contribution in [3.63, 3.8) is 0 Å². The molecule has 1 amide bonds. The van der Waals surface area contributed by atoms with Gasteiger partial charge in [0.15, 0.2) is 0 Å². The van der Waals surface area contributed by atoms with Gasteiger partial charge in [-0.2, -0.15) is 13.9 Å². The Balaban J connectivity index is 1.90. The summed E-state index contributed by atoms with van der Waals surface area (Å²) in [4.78, 5) is 10.6. The van der Waals surface area contributed by atoms with Crippen molar-refractivity contribution in [3.05, 3.63) is 18.0 Å². The summed E-state index contributed by atoms with van der Waals surface area (Å²) in [5, 5.41) is 3.62. The van der Waals surface area contributed by atoms with E-state index in [1.807, 2.05) is 0 Å². The van der Waals surface area contributed by atoms with Gasteiger partial charge >= 0.3 is 12.6 Å². The maximum atomic E-state index is 12.4. The third-order valence-corrected chi connectivity index (χ3v) is 3.25. The van der Waals surface area contributed by atoms with Crippen molar-refractivity contribution < 1.29 is 18.3 Å². The first-order valence-corrected chi connectivity index (χ1v) is 5.84.